The number of carbonyl (C=O) groups excluding carboxylic acids is 1. The molecule has 2 aromatic rings. The minimum atomic E-state index is 0.192. The molecule has 136 valence electrons. The Kier molecular flexibility index (Phi) is 6.92. The van der Waals surface area contributed by atoms with Crippen LogP contribution in [0.5, 0.6) is 0 Å². The van der Waals surface area contributed by atoms with Gasteiger partial charge in [0.15, 0.2) is 0 Å². The van der Waals surface area contributed by atoms with E-state index in [0.717, 1.165) is 41.9 Å². The number of furan rings is 1. The molecule has 7 heteroatoms. The predicted molar refractivity (Wildman–Crippen MR) is 108 cm³/mol. The van der Waals surface area contributed by atoms with E-state index in [1.807, 2.05) is 48.6 Å². The van der Waals surface area contributed by atoms with Gasteiger partial charge in [-0.1, -0.05) is 6.07 Å². The quantitative estimate of drug-likeness (QED) is 0.622. The summed E-state index contributed by atoms with van der Waals surface area (Å²) >= 11 is 5.44. The van der Waals surface area contributed by atoms with Gasteiger partial charge in [-0.3, -0.25) is 4.79 Å². The van der Waals surface area contributed by atoms with E-state index in [9.17, 15) is 4.79 Å². The Hall–Kier alpha value is -0.890. The summed E-state index contributed by atoms with van der Waals surface area (Å²) in [4.78, 5) is 17.8. The third-order valence-electron chi connectivity index (χ3n) is 3.89. The van der Waals surface area contributed by atoms with Crippen LogP contribution in [0.15, 0.2) is 34.1 Å². The van der Waals surface area contributed by atoms with E-state index in [2.05, 4.69) is 28.5 Å². The lowest BCUT2D eigenvalue weighted by molar-refractivity contribution is -0.131. The van der Waals surface area contributed by atoms with Gasteiger partial charge in [0.1, 0.15) is 16.9 Å². The van der Waals surface area contributed by atoms with Crippen molar-refractivity contribution in [2.24, 2.45) is 0 Å². The second kappa shape index (κ2) is 9.16. The summed E-state index contributed by atoms with van der Waals surface area (Å²) in [6.45, 7) is 1.62. The molecule has 1 unspecified atom stereocenters. The first-order valence-corrected chi connectivity index (χ1v) is 11.5. The van der Waals surface area contributed by atoms with Gasteiger partial charge in [-0.2, -0.15) is 11.8 Å². The zero-order valence-electron chi connectivity index (χ0n) is 14.6. The van der Waals surface area contributed by atoms with Gasteiger partial charge in [-0.15, -0.1) is 23.1 Å². The molecule has 0 aliphatic carbocycles. The SMILES string of the molecule is CN(C)Cc1ccc(CSCCN2C(=O)CCSC2c2cccs2)o1. The van der Waals surface area contributed by atoms with E-state index in [1.54, 1.807) is 11.3 Å². The summed E-state index contributed by atoms with van der Waals surface area (Å²) in [5.41, 5.74) is 0. The van der Waals surface area contributed by atoms with E-state index in [-0.39, 0.29) is 11.3 Å². The van der Waals surface area contributed by atoms with Gasteiger partial charge < -0.3 is 14.2 Å². The van der Waals surface area contributed by atoms with Crippen LogP contribution < -0.4 is 0 Å². The monoisotopic (exact) mass is 396 g/mol. The standard InChI is InChI=1S/C18H24N2O2S3/c1-19(2)12-14-5-6-15(22-14)13-23-11-8-20-17(21)7-10-25-18(20)16-4-3-9-24-16/h3-6,9,18H,7-8,10-13H2,1-2H3. The van der Waals surface area contributed by atoms with Crippen molar-refractivity contribution in [2.45, 2.75) is 24.1 Å². The molecule has 1 amide bonds. The van der Waals surface area contributed by atoms with Crippen molar-refractivity contribution in [3.05, 3.63) is 46.0 Å². The lowest BCUT2D eigenvalue weighted by Gasteiger charge is -2.34. The molecule has 25 heavy (non-hydrogen) atoms. The minimum Gasteiger partial charge on any atom is -0.464 e. The molecule has 0 spiro atoms. The third kappa shape index (κ3) is 5.29. The first-order valence-electron chi connectivity index (χ1n) is 8.38. The number of thiophene rings is 1. The van der Waals surface area contributed by atoms with Gasteiger partial charge in [0.05, 0.1) is 12.3 Å². The Labute approximate surface area is 161 Å². The molecule has 3 rings (SSSR count). The van der Waals surface area contributed by atoms with E-state index in [1.165, 1.54) is 4.88 Å². The molecule has 0 saturated carbocycles. The van der Waals surface area contributed by atoms with E-state index in [0.29, 0.717) is 6.42 Å². The number of nitrogens with zero attached hydrogens (tertiary/aromatic N) is 2. The highest BCUT2D eigenvalue weighted by Crippen LogP contribution is 2.39. The van der Waals surface area contributed by atoms with Crippen LogP contribution in [0.4, 0.5) is 0 Å². The maximum absolute atomic E-state index is 12.4. The summed E-state index contributed by atoms with van der Waals surface area (Å²) in [5, 5.41) is 2.28. The van der Waals surface area contributed by atoms with Crippen molar-refractivity contribution < 1.29 is 9.21 Å². The molecule has 3 heterocycles. The van der Waals surface area contributed by atoms with Crippen molar-refractivity contribution in [2.75, 3.05) is 32.1 Å². The fourth-order valence-corrected chi connectivity index (χ4v) is 5.84. The predicted octanol–water partition coefficient (Wildman–Crippen LogP) is 4.30. The average molecular weight is 397 g/mol. The van der Waals surface area contributed by atoms with Crippen LogP contribution in [0.2, 0.25) is 0 Å². The highest BCUT2D eigenvalue weighted by Gasteiger charge is 2.29. The lowest BCUT2D eigenvalue weighted by atomic mass is 10.3. The normalized spacial score (nSPS) is 18.3. The fraction of sp³-hybridized carbons (Fsp3) is 0.500. The Balaban J connectivity index is 1.48. The molecule has 1 atom stereocenters. The Morgan fingerprint density at radius 3 is 2.92 bits per heavy atom. The zero-order valence-corrected chi connectivity index (χ0v) is 17.1. The van der Waals surface area contributed by atoms with Crippen LogP contribution in [0.3, 0.4) is 0 Å². The number of amides is 1. The molecule has 1 aliphatic heterocycles. The topological polar surface area (TPSA) is 36.7 Å². The van der Waals surface area contributed by atoms with Gasteiger partial charge in [0.25, 0.3) is 0 Å². The molecule has 1 aliphatic rings. The molecular weight excluding hydrogens is 372 g/mol. The molecule has 0 bridgehead atoms. The highest BCUT2D eigenvalue weighted by molar-refractivity contribution is 7.99. The van der Waals surface area contributed by atoms with Crippen molar-refractivity contribution >= 4 is 40.8 Å². The summed E-state index contributed by atoms with van der Waals surface area (Å²) in [5.74, 6) is 5.00. The van der Waals surface area contributed by atoms with Crippen molar-refractivity contribution in [3.63, 3.8) is 0 Å². The van der Waals surface area contributed by atoms with Crippen molar-refractivity contribution in [3.8, 4) is 0 Å². The Morgan fingerprint density at radius 2 is 2.16 bits per heavy atom. The summed E-state index contributed by atoms with van der Waals surface area (Å²) in [6.07, 6.45) is 0.656. The first kappa shape index (κ1) is 18.9. The van der Waals surface area contributed by atoms with Gasteiger partial charge in [-0.05, 0) is 37.7 Å². The number of hydrogen-bond acceptors (Lipinski definition) is 6. The van der Waals surface area contributed by atoms with Crippen LogP contribution >= 0.6 is 34.9 Å². The van der Waals surface area contributed by atoms with Gasteiger partial charge in [0, 0.05) is 29.3 Å². The Morgan fingerprint density at radius 1 is 1.32 bits per heavy atom. The second-order valence-corrected chi connectivity index (χ2v) is 9.51. The van der Waals surface area contributed by atoms with Gasteiger partial charge >= 0.3 is 0 Å². The van der Waals surface area contributed by atoms with Crippen LogP contribution in [0, 0.1) is 0 Å². The molecule has 0 N–H and O–H groups in total. The van der Waals surface area contributed by atoms with Crippen LogP contribution in [0.25, 0.3) is 0 Å². The molecule has 0 aromatic carbocycles. The third-order valence-corrected chi connectivity index (χ3v) is 7.19. The lowest BCUT2D eigenvalue weighted by Crippen LogP contribution is -2.38. The van der Waals surface area contributed by atoms with Crippen LogP contribution in [-0.2, 0) is 17.1 Å². The maximum atomic E-state index is 12.4. The largest absolute Gasteiger partial charge is 0.464 e. The van der Waals surface area contributed by atoms with E-state index >= 15 is 0 Å². The molecule has 0 radical (unpaired) electrons. The van der Waals surface area contributed by atoms with Crippen molar-refractivity contribution in [1.82, 2.24) is 9.80 Å². The van der Waals surface area contributed by atoms with Crippen LogP contribution in [-0.4, -0.2) is 47.9 Å². The smallest absolute Gasteiger partial charge is 0.224 e. The van der Waals surface area contributed by atoms with Crippen molar-refractivity contribution in [1.29, 1.82) is 0 Å². The first-order chi connectivity index (χ1) is 12.1. The summed E-state index contributed by atoms with van der Waals surface area (Å²) < 4.78 is 5.84. The average Bonchev–Trinajstić information content (AvgIpc) is 3.24. The number of thioether (sulfide) groups is 2. The minimum absolute atomic E-state index is 0.192. The van der Waals surface area contributed by atoms with Gasteiger partial charge in [0.2, 0.25) is 5.91 Å². The zero-order chi connectivity index (χ0) is 17.6. The Bertz CT molecular complexity index is 670. The number of carbonyl (C=O) groups is 1. The highest BCUT2D eigenvalue weighted by atomic mass is 32.2. The summed E-state index contributed by atoms with van der Waals surface area (Å²) in [6, 6.07) is 8.31. The van der Waals surface area contributed by atoms with E-state index < -0.39 is 0 Å². The number of hydrogen-bond donors (Lipinski definition) is 0. The molecular formula is C18H24N2O2S3. The molecule has 1 fully saturated rings. The number of rotatable bonds is 8. The second-order valence-electron chi connectivity index (χ2n) is 6.23. The van der Waals surface area contributed by atoms with Gasteiger partial charge in [-0.25, -0.2) is 0 Å². The summed E-state index contributed by atoms with van der Waals surface area (Å²) in [7, 11) is 4.07. The molecule has 4 nitrogen and oxygen atoms in total. The molecule has 2 aromatic heterocycles. The maximum Gasteiger partial charge on any atom is 0.224 e. The fourth-order valence-electron chi connectivity index (χ4n) is 2.76. The van der Waals surface area contributed by atoms with E-state index in [4.69, 9.17) is 4.42 Å². The van der Waals surface area contributed by atoms with Crippen LogP contribution in [0.1, 0.15) is 28.2 Å². The molecule has 1 saturated heterocycles.